The SMILES string of the molecule is CCCNC(c1cnccn1)c1cccc2ncccc12. The summed E-state index contributed by atoms with van der Waals surface area (Å²) in [6.45, 7) is 3.09. The molecule has 0 bridgehead atoms. The van der Waals surface area contributed by atoms with E-state index in [1.807, 2.05) is 30.6 Å². The van der Waals surface area contributed by atoms with E-state index in [9.17, 15) is 0 Å². The lowest BCUT2D eigenvalue weighted by Gasteiger charge is -2.19. The third-order valence-electron chi connectivity index (χ3n) is 3.47. The van der Waals surface area contributed by atoms with Gasteiger partial charge in [-0.05, 0) is 30.7 Å². The number of nitrogens with one attached hydrogen (secondary N) is 1. The minimum absolute atomic E-state index is 0.0338. The van der Waals surface area contributed by atoms with Crippen LogP contribution in [0.1, 0.15) is 30.6 Å². The number of aromatic nitrogens is 3. The number of hydrogen-bond donors (Lipinski definition) is 1. The molecule has 2 aromatic heterocycles. The van der Waals surface area contributed by atoms with Crippen molar-refractivity contribution in [2.75, 3.05) is 6.54 Å². The molecule has 0 aliphatic rings. The van der Waals surface area contributed by atoms with Crippen molar-refractivity contribution in [3.8, 4) is 0 Å². The van der Waals surface area contributed by atoms with E-state index in [2.05, 4.69) is 39.3 Å². The summed E-state index contributed by atoms with van der Waals surface area (Å²) in [4.78, 5) is 13.1. The average molecular weight is 278 g/mol. The van der Waals surface area contributed by atoms with Crippen LogP contribution in [0.25, 0.3) is 10.9 Å². The van der Waals surface area contributed by atoms with Crippen LogP contribution in [-0.2, 0) is 0 Å². The molecule has 0 spiro atoms. The van der Waals surface area contributed by atoms with Gasteiger partial charge in [0.05, 0.1) is 23.4 Å². The molecular formula is C17H18N4. The van der Waals surface area contributed by atoms with Crippen molar-refractivity contribution in [1.29, 1.82) is 0 Å². The van der Waals surface area contributed by atoms with Crippen LogP contribution in [0.15, 0.2) is 55.1 Å². The van der Waals surface area contributed by atoms with Gasteiger partial charge in [0, 0.05) is 24.0 Å². The van der Waals surface area contributed by atoms with E-state index in [0.717, 1.165) is 29.6 Å². The van der Waals surface area contributed by atoms with E-state index >= 15 is 0 Å². The molecule has 3 rings (SSSR count). The molecule has 4 heteroatoms. The standard InChI is InChI=1S/C17H18N4/c1-2-8-21-17(16-12-18-10-11-20-16)14-5-3-7-15-13(14)6-4-9-19-15/h3-7,9-12,17,21H,2,8H2,1H3. The Morgan fingerprint density at radius 2 is 2.00 bits per heavy atom. The van der Waals surface area contributed by atoms with E-state index in [1.54, 1.807) is 12.4 Å². The molecule has 106 valence electrons. The minimum atomic E-state index is 0.0338. The second-order valence-corrected chi connectivity index (χ2v) is 4.93. The fourth-order valence-electron chi connectivity index (χ4n) is 2.50. The fraction of sp³-hybridized carbons (Fsp3) is 0.235. The van der Waals surface area contributed by atoms with Gasteiger partial charge in [-0.3, -0.25) is 15.0 Å². The molecule has 4 nitrogen and oxygen atoms in total. The highest BCUT2D eigenvalue weighted by atomic mass is 14.9. The van der Waals surface area contributed by atoms with Crippen molar-refractivity contribution in [2.45, 2.75) is 19.4 Å². The van der Waals surface area contributed by atoms with Crippen LogP contribution in [0.3, 0.4) is 0 Å². The molecule has 0 saturated carbocycles. The molecule has 0 saturated heterocycles. The van der Waals surface area contributed by atoms with Crippen LogP contribution in [-0.4, -0.2) is 21.5 Å². The van der Waals surface area contributed by atoms with Crippen LogP contribution in [0, 0.1) is 0 Å². The molecule has 1 atom stereocenters. The van der Waals surface area contributed by atoms with E-state index in [0.29, 0.717) is 0 Å². The fourth-order valence-corrected chi connectivity index (χ4v) is 2.50. The Kier molecular flexibility index (Phi) is 4.17. The first-order valence-electron chi connectivity index (χ1n) is 7.23. The first-order valence-corrected chi connectivity index (χ1v) is 7.23. The van der Waals surface area contributed by atoms with E-state index < -0.39 is 0 Å². The smallest absolute Gasteiger partial charge is 0.0801 e. The molecule has 2 heterocycles. The Bertz CT molecular complexity index is 707. The van der Waals surface area contributed by atoms with Gasteiger partial charge >= 0.3 is 0 Å². The maximum absolute atomic E-state index is 4.47. The first kappa shape index (κ1) is 13.6. The summed E-state index contributed by atoms with van der Waals surface area (Å²) in [6.07, 6.45) is 8.15. The van der Waals surface area contributed by atoms with Crippen LogP contribution in [0.5, 0.6) is 0 Å². The van der Waals surface area contributed by atoms with Crippen molar-refractivity contribution in [1.82, 2.24) is 20.3 Å². The molecule has 1 N–H and O–H groups in total. The number of pyridine rings is 1. The largest absolute Gasteiger partial charge is 0.305 e. The molecule has 0 amide bonds. The van der Waals surface area contributed by atoms with Gasteiger partial charge in [0.25, 0.3) is 0 Å². The normalized spacial score (nSPS) is 12.4. The van der Waals surface area contributed by atoms with Crippen molar-refractivity contribution >= 4 is 10.9 Å². The number of hydrogen-bond acceptors (Lipinski definition) is 4. The average Bonchev–Trinajstić information content (AvgIpc) is 2.56. The third-order valence-corrected chi connectivity index (χ3v) is 3.47. The Balaban J connectivity index is 2.10. The quantitative estimate of drug-likeness (QED) is 0.779. The molecule has 0 aliphatic carbocycles. The van der Waals surface area contributed by atoms with Crippen LogP contribution < -0.4 is 5.32 Å². The van der Waals surface area contributed by atoms with Crippen molar-refractivity contribution in [2.24, 2.45) is 0 Å². The lowest BCUT2D eigenvalue weighted by molar-refractivity contribution is 0.587. The lowest BCUT2D eigenvalue weighted by atomic mass is 9.99. The monoisotopic (exact) mass is 278 g/mol. The van der Waals surface area contributed by atoms with Crippen LogP contribution >= 0.6 is 0 Å². The maximum Gasteiger partial charge on any atom is 0.0801 e. The topological polar surface area (TPSA) is 50.7 Å². The summed E-state index contributed by atoms with van der Waals surface area (Å²) in [7, 11) is 0. The molecule has 0 fully saturated rings. The maximum atomic E-state index is 4.47. The van der Waals surface area contributed by atoms with Crippen molar-refractivity contribution < 1.29 is 0 Å². The first-order chi connectivity index (χ1) is 10.4. The summed E-state index contributed by atoms with van der Waals surface area (Å²) in [5.41, 5.74) is 3.12. The number of benzene rings is 1. The molecule has 3 aromatic rings. The highest BCUT2D eigenvalue weighted by Crippen LogP contribution is 2.26. The van der Waals surface area contributed by atoms with Gasteiger partial charge < -0.3 is 5.32 Å². The van der Waals surface area contributed by atoms with Gasteiger partial charge in [-0.25, -0.2) is 0 Å². The summed E-state index contributed by atoms with van der Waals surface area (Å²) < 4.78 is 0. The highest BCUT2D eigenvalue weighted by molar-refractivity contribution is 5.82. The van der Waals surface area contributed by atoms with Gasteiger partial charge in [-0.15, -0.1) is 0 Å². The molecule has 1 aromatic carbocycles. The van der Waals surface area contributed by atoms with Gasteiger partial charge in [0.15, 0.2) is 0 Å². The van der Waals surface area contributed by atoms with Crippen molar-refractivity contribution in [3.05, 3.63) is 66.4 Å². The van der Waals surface area contributed by atoms with Gasteiger partial charge in [-0.1, -0.05) is 25.1 Å². The Morgan fingerprint density at radius 3 is 2.81 bits per heavy atom. The Labute approximate surface area is 124 Å². The van der Waals surface area contributed by atoms with E-state index in [4.69, 9.17) is 0 Å². The molecule has 21 heavy (non-hydrogen) atoms. The molecule has 1 unspecified atom stereocenters. The Morgan fingerprint density at radius 1 is 1.05 bits per heavy atom. The zero-order valence-electron chi connectivity index (χ0n) is 12.0. The Hall–Kier alpha value is -2.33. The molecule has 0 aliphatic heterocycles. The summed E-state index contributed by atoms with van der Waals surface area (Å²) >= 11 is 0. The predicted molar refractivity (Wildman–Crippen MR) is 83.9 cm³/mol. The van der Waals surface area contributed by atoms with Gasteiger partial charge in [0.2, 0.25) is 0 Å². The molecule has 0 radical (unpaired) electrons. The van der Waals surface area contributed by atoms with Crippen LogP contribution in [0.2, 0.25) is 0 Å². The van der Waals surface area contributed by atoms with Crippen LogP contribution in [0.4, 0.5) is 0 Å². The van der Waals surface area contributed by atoms with Crippen molar-refractivity contribution in [3.63, 3.8) is 0 Å². The second-order valence-electron chi connectivity index (χ2n) is 4.93. The number of nitrogens with zero attached hydrogens (tertiary/aromatic N) is 3. The molecular weight excluding hydrogens is 260 g/mol. The summed E-state index contributed by atoms with van der Waals surface area (Å²) in [5, 5.41) is 4.72. The zero-order chi connectivity index (χ0) is 14.5. The number of fused-ring (bicyclic) bond motifs is 1. The van der Waals surface area contributed by atoms with E-state index in [1.165, 1.54) is 5.56 Å². The lowest BCUT2D eigenvalue weighted by Crippen LogP contribution is -2.24. The summed E-state index contributed by atoms with van der Waals surface area (Å²) in [6, 6.07) is 10.3. The second kappa shape index (κ2) is 6.41. The van der Waals surface area contributed by atoms with Gasteiger partial charge in [0.1, 0.15) is 0 Å². The number of rotatable bonds is 5. The summed E-state index contributed by atoms with van der Waals surface area (Å²) in [5.74, 6) is 0. The van der Waals surface area contributed by atoms with Gasteiger partial charge in [-0.2, -0.15) is 0 Å². The predicted octanol–water partition coefficient (Wildman–Crippen LogP) is 3.11. The third kappa shape index (κ3) is 2.90. The minimum Gasteiger partial charge on any atom is -0.305 e. The van der Waals surface area contributed by atoms with E-state index in [-0.39, 0.29) is 6.04 Å². The zero-order valence-corrected chi connectivity index (χ0v) is 12.0. The highest BCUT2D eigenvalue weighted by Gasteiger charge is 2.17.